The smallest absolute Gasteiger partial charge is 0.307 e. The van der Waals surface area contributed by atoms with Crippen molar-refractivity contribution in [3.63, 3.8) is 0 Å². The normalized spacial score (nSPS) is 18.3. The third-order valence-electron chi connectivity index (χ3n) is 8.61. The molecule has 2 heterocycles. The number of hydrogen-bond donors (Lipinski definition) is 2. The number of aromatic nitrogens is 1. The number of nitrogens with zero attached hydrogens (tertiary/aromatic N) is 2. The van der Waals surface area contributed by atoms with E-state index in [0.717, 1.165) is 60.8 Å². The van der Waals surface area contributed by atoms with Gasteiger partial charge in [0.15, 0.2) is 0 Å². The molecule has 1 aromatic heterocycles. The van der Waals surface area contributed by atoms with Gasteiger partial charge >= 0.3 is 5.97 Å². The van der Waals surface area contributed by atoms with Crippen molar-refractivity contribution < 1.29 is 14.6 Å². The molecule has 0 bridgehead atoms. The number of aliphatic carboxylic acids is 1. The van der Waals surface area contributed by atoms with Gasteiger partial charge in [0.1, 0.15) is 17.7 Å². The Bertz CT molecular complexity index is 1520. The van der Waals surface area contributed by atoms with E-state index < -0.39 is 5.97 Å². The van der Waals surface area contributed by atoms with Gasteiger partial charge in [0.05, 0.1) is 6.42 Å². The summed E-state index contributed by atoms with van der Waals surface area (Å²) < 4.78 is 6.71. The Morgan fingerprint density at radius 1 is 1.08 bits per heavy atom. The summed E-state index contributed by atoms with van der Waals surface area (Å²) in [4.78, 5) is 18.4. The SMILES string of the molecule is CCCN1CCC2(CC1)C[C@@H](Oc1ccccc1CC(=O)O)c1cc(-c3ccc4ccnc(N)c4c3)ccc12. The molecule has 4 aromatic rings. The molecule has 6 heteroatoms. The predicted octanol–water partition coefficient (Wildman–Crippen LogP) is 6.38. The number of anilines is 1. The summed E-state index contributed by atoms with van der Waals surface area (Å²) in [6.07, 6.45) is 5.83. The van der Waals surface area contributed by atoms with Crippen molar-refractivity contribution >= 4 is 22.6 Å². The third kappa shape index (κ3) is 4.85. The van der Waals surface area contributed by atoms with Crippen LogP contribution in [0, 0.1) is 0 Å². The van der Waals surface area contributed by atoms with Crippen LogP contribution in [0.1, 0.15) is 55.4 Å². The first kappa shape index (κ1) is 25.4. The van der Waals surface area contributed by atoms with E-state index in [1.807, 2.05) is 30.3 Å². The van der Waals surface area contributed by atoms with Crippen molar-refractivity contribution in [3.8, 4) is 16.9 Å². The molecule has 2 aliphatic rings. The van der Waals surface area contributed by atoms with Gasteiger partial charge in [-0.15, -0.1) is 0 Å². The van der Waals surface area contributed by atoms with Gasteiger partial charge in [-0.05, 0) is 97.2 Å². The highest BCUT2D eigenvalue weighted by atomic mass is 16.5. The van der Waals surface area contributed by atoms with Crippen LogP contribution in [0.15, 0.2) is 72.9 Å². The molecule has 0 saturated carbocycles. The molecule has 0 radical (unpaired) electrons. The standard InChI is InChI=1S/C33H35N3O3/c1-2-15-36-16-12-33(13-17-36)21-30(39-29-6-4-3-5-25(29)20-31(37)38)27-19-24(9-10-28(27)33)23-8-7-22-11-14-35-32(34)26(22)18-23/h3-11,14,18-19,30H,2,12-13,15-17,20-21H2,1H3,(H2,34,35)(H,37,38)/t30-/m1/s1. The molecule has 3 N–H and O–H groups in total. The van der Waals surface area contributed by atoms with Gasteiger partial charge in [0.25, 0.3) is 0 Å². The lowest BCUT2D eigenvalue weighted by molar-refractivity contribution is -0.136. The highest BCUT2D eigenvalue weighted by molar-refractivity contribution is 5.94. The minimum atomic E-state index is -0.856. The van der Waals surface area contributed by atoms with Gasteiger partial charge < -0.3 is 20.5 Å². The number of carboxylic acids is 1. The molecule has 1 fully saturated rings. The first-order valence-corrected chi connectivity index (χ1v) is 13.9. The third-order valence-corrected chi connectivity index (χ3v) is 8.61. The second kappa shape index (κ2) is 10.3. The average Bonchev–Trinajstić information content (AvgIpc) is 3.23. The molecule has 0 amide bonds. The summed E-state index contributed by atoms with van der Waals surface area (Å²) in [7, 11) is 0. The van der Waals surface area contributed by atoms with Gasteiger partial charge in [-0.2, -0.15) is 0 Å². The number of piperidine rings is 1. The fourth-order valence-electron chi connectivity index (χ4n) is 6.62. The van der Waals surface area contributed by atoms with E-state index in [9.17, 15) is 9.90 Å². The number of nitrogens with two attached hydrogens (primary N) is 1. The number of hydrogen-bond acceptors (Lipinski definition) is 5. The van der Waals surface area contributed by atoms with Crippen molar-refractivity contribution in [2.45, 2.75) is 50.5 Å². The van der Waals surface area contributed by atoms with Gasteiger partial charge in [0.2, 0.25) is 0 Å². The molecule has 6 rings (SSSR count). The fraction of sp³-hybridized carbons (Fsp3) is 0.333. The molecule has 200 valence electrons. The van der Waals surface area contributed by atoms with Crippen LogP contribution in [0.25, 0.3) is 21.9 Å². The lowest BCUT2D eigenvalue weighted by Gasteiger charge is -2.40. The number of carbonyl (C=O) groups is 1. The minimum absolute atomic E-state index is 0.0561. The number of carboxylic acid groups (broad SMARTS) is 1. The lowest BCUT2D eigenvalue weighted by Crippen LogP contribution is -2.42. The van der Waals surface area contributed by atoms with E-state index in [1.165, 1.54) is 17.5 Å². The molecule has 1 aliphatic carbocycles. The zero-order valence-corrected chi connectivity index (χ0v) is 22.4. The predicted molar refractivity (Wildman–Crippen MR) is 155 cm³/mol. The van der Waals surface area contributed by atoms with Crippen LogP contribution < -0.4 is 10.5 Å². The topological polar surface area (TPSA) is 88.7 Å². The largest absolute Gasteiger partial charge is 0.485 e. The van der Waals surface area contributed by atoms with Crippen LogP contribution in [-0.2, 0) is 16.6 Å². The molecular formula is C33H35N3O3. The molecule has 3 aromatic carbocycles. The van der Waals surface area contributed by atoms with E-state index in [1.54, 1.807) is 6.20 Å². The fourth-order valence-corrected chi connectivity index (χ4v) is 6.62. The Labute approximate surface area is 229 Å². The van der Waals surface area contributed by atoms with E-state index >= 15 is 0 Å². The summed E-state index contributed by atoms with van der Waals surface area (Å²) in [5.74, 6) is 0.334. The number of benzene rings is 3. The number of para-hydroxylation sites is 1. The quantitative estimate of drug-likeness (QED) is 0.293. The number of nitrogen functional groups attached to an aromatic ring is 1. The molecule has 39 heavy (non-hydrogen) atoms. The summed E-state index contributed by atoms with van der Waals surface area (Å²) in [5.41, 5.74) is 11.8. The van der Waals surface area contributed by atoms with Crippen molar-refractivity contribution in [1.82, 2.24) is 9.88 Å². The second-order valence-electron chi connectivity index (χ2n) is 11.0. The van der Waals surface area contributed by atoms with Gasteiger partial charge in [-0.25, -0.2) is 4.98 Å². The highest BCUT2D eigenvalue weighted by Crippen LogP contribution is 2.53. The number of rotatable bonds is 7. The average molecular weight is 522 g/mol. The summed E-state index contributed by atoms with van der Waals surface area (Å²) in [6, 6.07) is 22.7. The van der Waals surface area contributed by atoms with Crippen LogP contribution in [0.3, 0.4) is 0 Å². The zero-order valence-electron chi connectivity index (χ0n) is 22.4. The maximum absolute atomic E-state index is 11.5. The maximum atomic E-state index is 11.5. The monoisotopic (exact) mass is 521 g/mol. The Morgan fingerprint density at radius 3 is 2.64 bits per heavy atom. The van der Waals surface area contributed by atoms with E-state index in [-0.39, 0.29) is 17.9 Å². The molecule has 1 atom stereocenters. The number of pyridine rings is 1. The first-order valence-electron chi connectivity index (χ1n) is 13.9. The molecule has 0 unspecified atom stereocenters. The summed E-state index contributed by atoms with van der Waals surface area (Å²) >= 11 is 0. The minimum Gasteiger partial charge on any atom is -0.485 e. The van der Waals surface area contributed by atoms with Crippen molar-refractivity contribution in [2.24, 2.45) is 0 Å². The van der Waals surface area contributed by atoms with Crippen molar-refractivity contribution in [1.29, 1.82) is 0 Å². The van der Waals surface area contributed by atoms with Gasteiger partial charge in [0, 0.05) is 22.6 Å². The van der Waals surface area contributed by atoms with Crippen LogP contribution in [-0.4, -0.2) is 40.6 Å². The molecule has 1 spiro atoms. The zero-order chi connectivity index (χ0) is 27.0. The first-order chi connectivity index (χ1) is 19.0. The number of ether oxygens (including phenoxy) is 1. The molecule has 1 saturated heterocycles. The molecule has 1 aliphatic heterocycles. The lowest BCUT2D eigenvalue weighted by atomic mass is 9.73. The van der Waals surface area contributed by atoms with Crippen molar-refractivity contribution in [2.75, 3.05) is 25.4 Å². The highest BCUT2D eigenvalue weighted by Gasteiger charge is 2.46. The van der Waals surface area contributed by atoms with Gasteiger partial charge in [-0.3, -0.25) is 4.79 Å². The maximum Gasteiger partial charge on any atom is 0.307 e. The second-order valence-corrected chi connectivity index (χ2v) is 11.0. The Balaban J connectivity index is 1.40. The van der Waals surface area contributed by atoms with Crippen LogP contribution in [0.4, 0.5) is 5.82 Å². The number of fused-ring (bicyclic) bond motifs is 3. The van der Waals surface area contributed by atoms with Crippen LogP contribution >= 0.6 is 0 Å². The van der Waals surface area contributed by atoms with Crippen LogP contribution in [0.2, 0.25) is 0 Å². The van der Waals surface area contributed by atoms with E-state index in [2.05, 4.69) is 53.2 Å². The molecular weight excluding hydrogens is 486 g/mol. The van der Waals surface area contributed by atoms with E-state index in [4.69, 9.17) is 10.5 Å². The molecule has 6 nitrogen and oxygen atoms in total. The Kier molecular flexibility index (Phi) is 6.73. The Hall–Kier alpha value is -3.90. The van der Waals surface area contributed by atoms with Gasteiger partial charge in [-0.1, -0.05) is 49.4 Å². The van der Waals surface area contributed by atoms with Crippen LogP contribution in [0.5, 0.6) is 5.75 Å². The number of likely N-dealkylation sites (tertiary alicyclic amines) is 1. The Morgan fingerprint density at radius 2 is 1.85 bits per heavy atom. The summed E-state index contributed by atoms with van der Waals surface area (Å²) in [5, 5.41) is 11.5. The van der Waals surface area contributed by atoms with E-state index in [0.29, 0.717) is 17.1 Å². The van der Waals surface area contributed by atoms with Crippen molar-refractivity contribution in [3.05, 3.63) is 89.6 Å². The summed E-state index contributed by atoms with van der Waals surface area (Å²) in [6.45, 7) is 5.57.